The monoisotopic (exact) mass is 239 g/mol. The highest BCUT2D eigenvalue weighted by atomic mass is 16.5. The first-order chi connectivity index (χ1) is 7.99. The maximum Gasteiger partial charge on any atom is 0.328 e. The van der Waals surface area contributed by atoms with Crippen LogP contribution in [-0.2, 0) is 10.3 Å². The van der Waals surface area contributed by atoms with Crippen molar-refractivity contribution in [1.82, 2.24) is 0 Å². The molecular weight excluding hydrogens is 222 g/mol. The van der Waals surface area contributed by atoms with Gasteiger partial charge in [-0.1, -0.05) is 6.92 Å². The van der Waals surface area contributed by atoms with E-state index in [1.165, 1.54) is 14.2 Å². The van der Waals surface area contributed by atoms with Crippen LogP contribution in [0, 0.1) is 0 Å². The predicted octanol–water partition coefficient (Wildman–Crippen LogP) is 1.35. The van der Waals surface area contributed by atoms with E-state index in [2.05, 4.69) is 0 Å². The fourth-order valence-corrected chi connectivity index (χ4v) is 1.62. The highest BCUT2D eigenvalue weighted by Crippen LogP contribution is 2.33. The standard InChI is InChI=1S/C12H17NO4/c1-4-12(13,11(14)15)9-7-8(16-2)5-6-10(9)17-3/h5-7H,4,13H2,1-3H3,(H,14,15). The Hall–Kier alpha value is -1.75. The average Bonchev–Trinajstić information content (AvgIpc) is 2.36. The van der Waals surface area contributed by atoms with Gasteiger partial charge in [0.25, 0.3) is 0 Å². The van der Waals surface area contributed by atoms with Gasteiger partial charge in [0.15, 0.2) is 0 Å². The molecular formula is C12H17NO4. The van der Waals surface area contributed by atoms with Gasteiger partial charge in [-0.15, -0.1) is 0 Å². The van der Waals surface area contributed by atoms with Crippen LogP contribution in [0.3, 0.4) is 0 Å². The summed E-state index contributed by atoms with van der Waals surface area (Å²) in [5.74, 6) is -0.102. The molecule has 1 aromatic rings. The van der Waals surface area contributed by atoms with Crippen LogP contribution >= 0.6 is 0 Å². The second kappa shape index (κ2) is 5.05. The van der Waals surface area contributed by atoms with E-state index in [-0.39, 0.29) is 6.42 Å². The van der Waals surface area contributed by atoms with Crippen LogP contribution in [0.1, 0.15) is 18.9 Å². The largest absolute Gasteiger partial charge is 0.497 e. The number of aliphatic carboxylic acids is 1. The SMILES string of the molecule is CCC(N)(C(=O)O)c1cc(OC)ccc1OC. The lowest BCUT2D eigenvalue weighted by Crippen LogP contribution is -2.44. The molecule has 1 aromatic carbocycles. The fraction of sp³-hybridized carbons (Fsp3) is 0.417. The maximum absolute atomic E-state index is 11.3. The highest BCUT2D eigenvalue weighted by molar-refractivity contribution is 5.81. The van der Waals surface area contributed by atoms with Crippen LogP contribution in [0.5, 0.6) is 11.5 Å². The molecule has 1 atom stereocenters. The van der Waals surface area contributed by atoms with Crippen molar-refractivity contribution in [2.45, 2.75) is 18.9 Å². The van der Waals surface area contributed by atoms with Gasteiger partial charge in [0.05, 0.1) is 14.2 Å². The zero-order valence-corrected chi connectivity index (χ0v) is 10.2. The van der Waals surface area contributed by atoms with Gasteiger partial charge in [-0.2, -0.15) is 0 Å². The summed E-state index contributed by atoms with van der Waals surface area (Å²) in [7, 11) is 2.99. The van der Waals surface area contributed by atoms with Crippen LogP contribution < -0.4 is 15.2 Å². The first kappa shape index (κ1) is 13.3. The Balaban J connectivity index is 3.39. The molecule has 0 aliphatic carbocycles. The average molecular weight is 239 g/mol. The lowest BCUT2D eigenvalue weighted by Gasteiger charge is -2.25. The molecule has 0 aliphatic heterocycles. The van der Waals surface area contributed by atoms with Crippen LogP contribution in [0.15, 0.2) is 18.2 Å². The topological polar surface area (TPSA) is 81.8 Å². The number of methoxy groups -OCH3 is 2. The molecule has 0 aliphatic rings. The number of rotatable bonds is 5. The van der Waals surface area contributed by atoms with Crippen molar-refractivity contribution >= 4 is 5.97 Å². The Morgan fingerprint density at radius 1 is 1.41 bits per heavy atom. The first-order valence-electron chi connectivity index (χ1n) is 5.24. The van der Waals surface area contributed by atoms with Gasteiger partial charge in [-0.3, -0.25) is 0 Å². The second-order valence-electron chi connectivity index (χ2n) is 3.70. The third-order valence-electron chi connectivity index (χ3n) is 2.83. The summed E-state index contributed by atoms with van der Waals surface area (Å²) in [6.45, 7) is 1.72. The van der Waals surface area contributed by atoms with E-state index >= 15 is 0 Å². The van der Waals surface area contributed by atoms with Gasteiger partial charge in [-0.25, -0.2) is 4.79 Å². The van der Waals surface area contributed by atoms with Crippen molar-refractivity contribution in [3.63, 3.8) is 0 Å². The number of hydrogen-bond donors (Lipinski definition) is 2. The normalized spacial score (nSPS) is 13.9. The van der Waals surface area contributed by atoms with Gasteiger partial charge in [-0.05, 0) is 24.6 Å². The number of carboxylic acid groups (broad SMARTS) is 1. The molecule has 0 saturated carbocycles. The quantitative estimate of drug-likeness (QED) is 0.810. The van der Waals surface area contributed by atoms with Gasteiger partial charge in [0.1, 0.15) is 17.0 Å². The number of carboxylic acids is 1. The lowest BCUT2D eigenvalue weighted by molar-refractivity contribution is -0.143. The molecule has 0 bridgehead atoms. The molecule has 1 rings (SSSR count). The highest BCUT2D eigenvalue weighted by Gasteiger charge is 2.37. The van der Waals surface area contributed by atoms with Crippen molar-refractivity contribution in [3.05, 3.63) is 23.8 Å². The summed E-state index contributed by atoms with van der Waals surface area (Å²) in [6.07, 6.45) is 0.256. The van der Waals surface area contributed by atoms with Crippen molar-refractivity contribution in [2.24, 2.45) is 5.73 Å². The molecule has 0 saturated heterocycles. The van der Waals surface area contributed by atoms with E-state index in [1.54, 1.807) is 25.1 Å². The maximum atomic E-state index is 11.3. The van der Waals surface area contributed by atoms with Gasteiger partial charge >= 0.3 is 5.97 Å². The molecule has 5 heteroatoms. The minimum Gasteiger partial charge on any atom is -0.497 e. The zero-order chi connectivity index (χ0) is 13.1. The molecule has 17 heavy (non-hydrogen) atoms. The minimum atomic E-state index is -1.47. The Morgan fingerprint density at radius 2 is 2.06 bits per heavy atom. The minimum absolute atomic E-state index is 0.256. The Bertz CT molecular complexity index is 419. The molecule has 1 unspecified atom stereocenters. The van der Waals surface area contributed by atoms with E-state index in [1.807, 2.05) is 0 Å². The third-order valence-corrected chi connectivity index (χ3v) is 2.83. The second-order valence-corrected chi connectivity index (χ2v) is 3.70. The predicted molar refractivity (Wildman–Crippen MR) is 63.3 cm³/mol. The Kier molecular flexibility index (Phi) is 3.96. The third kappa shape index (κ3) is 2.34. The molecule has 94 valence electrons. The first-order valence-corrected chi connectivity index (χ1v) is 5.24. The summed E-state index contributed by atoms with van der Waals surface area (Å²) < 4.78 is 10.2. The van der Waals surface area contributed by atoms with Gasteiger partial charge in [0.2, 0.25) is 0 Å². The zero-order valence-electron chi connectivity index (χ0n) is 10.2. The van der Waals surface area contributed by atoms with E-state index in [9.17, 15) is 9.90 Å². The Labute approximate surface area is 100 Å². The number of nitrogens with two attached hydrogens (primary N) is 1. The summed E-state index contributed by atoms with van der Waals surface area (Å²) >= 11 is 0. The molecule has 5 nitrogen and oxygen atoms in total. The van der Waals surface area contributed by atoms with Crippen LogP contribution in [0.25, 0.3) is 0 Å². The van der Waals surface area contributed by atoms with Crippen molar-refractivity contribution in [3.8, 4) is 11.5 Å². The van der Waals surface area contributed by atoms with Gasteiger partial charge < -0.3 is 20.3 Å². The molecule has 0 radical (unpaired) electrons. The molecule has 3 N–H and O–H groups in total. The molecule has 0 amide bonds. The summed E-state index contributed by atoms with van der Waals surface area (Å²) in [5, 5.41) is 9.25. The van der Waals surface area contributed by atoms with E-state index < -0.39 is 11.5 Å². The fourth-order valence-electron chi connectivity index (χ4n) is 1.62. The molecule has 0 aromatic heterocycles. The van der Waals surface area contributed by atoms with Crippen molar-refractivity contribution in [1.29, 1.82) is 0 Å². The molecule has 0 spiro atoms. The Morgan fingerprint density at radius 3 is 2.47 bits per heavy atom. The summed E-state index contributed by atoms with van der Waals surface area (Å²) in [4.78, 5) is 11.3. The molecule has 0 fully saturated rings. The van der Waals surface area contributed by atoms with Gasteiger partial charge in [0, 0.05) is 5.56 Å². The lowest BCUT2D eigenvalue weighted by atomic mass is 9.87. The number of ether oxygens (including phenoxy) is 2. The number of hydrogen-bond acceptors (Lipinski definition) is 4. The van der Waals surface area contributed by atoms with Crippen molar-refractivity contribution < 1.29 is 19.4 Å². The van der Waals surface area contributed by atoms with Crippen molar-refractivity contribution in [2.75, 3.05) is 14.2 Å². The van der Waals surface area contributed by atoms with E-state index in [4.69, 9.17) is 15.2 Å². The van der Waals surface area contributed by atoms with E-state index in [0.29, 0.717) is 17.1 Å². The summed E-state index contributed by atoms with van der Waals surface area (Å²) in [5.41, 5.74) is 4.87. The summed E-state index contributed by atoms with van der Waals surface area (Å²) in [6, 6.07) is 4.94. The van der Waals surface area contributed by atoms with Crippen LogP contribution in [0.2, 0.25) is 0 Å². The van der Waals surface area contributed by atoms with E-state index in [0.717, 1.165) is 0 Å². The smallest absolute Gasteiger partial charge is 0.328 e. The molecule has 0 heterocycles. The van der Waals surface area contributed by atoms with Crippen LogP contribution in [-0.4, -0.2) is 25.3 Å². The number of carbonyl (C=O) groups is 1. The number of benzene rings is 1. The van der Waals surface area contributed by atoms with Crippen LogP contribution in [0.4, 0.5) is 0 Å².